The third-order valence-corrected chi connectivity index (χ3v) is 2.08. The number of benzene rings is 1. The molecule has 0 aliphatic carbocycles. The molecule has 0 aliphatic heterocycles. The molecule has 0 amide bonds. The van der Waals surface area contributed by atoms with E-state index >= 15 is 0 Å². The summed E-state index contributed by atoms with van der Waals surface area (Å²) < 4.78 is 0. The van der Waals surface area contributed by atoms with Crippen molar-refractivity contribution in [2.24, 2.45) is 0 Å². The van der Waals surface area contributed by atoms with Crippen LogP contribution in [0.15, 0.2) is 12.1 Å². The Morgan fingerprint density at radius 3 is 2.25 bits per heavy atom. The summed E-state index contributed by atoms with van der Waals surface area (Å²) in [6.07, 6.45) is 1.10. The lowest BCUT2D eigenvalue weighted by atomic mass is 10.1. The van der Waals surface area contributed by atoms with Crippen LogP contribution in [0.3, 0.4) is 0 Å². The van der Waals surface area contributed by atoms with Crippen LogP contribution in [-0.2, 0) is 11.2 Å². The summed E-state index contributed by atoms with van der Waals surface area (Å²) in [6.45, 7) is 0. The zero-order chi connectivity index (χ0) is 9.14. The van der Waals surface area contributed by atoms with Crippen LogP contribution < -0.4 is 5.73 Å². The van der Waals surface area contributed by atoms with Crippen LogP contribution in [0.25, 0.3) is 0 Å². The summed E-state index contributed by atoms with van der Waals surface area (Å²) in [6, 6.07) is 3.27. The Balaban J connectivity index is 3.11. The van der Waals surface area contributed by atoms with Crippen LogP contribution in [0.1, 0.15) is 5.56 Å². The van der Waals surface area contributed by atoms with Crippen molar-refractivity contribution in [1.82, 2.24) is 0 Å². The highest BCUT2D eigenvalue weighted by Crippen LogP contribution is 2.28. The molecule has 0 aliphatic rings. The van der Waals surface area contributed by atoms with E-state index in [1.54, 1.807) is 12.1 Å². The van der Waals surface area contributed by atoms with Gasteiger partial charge in [0, 0.05) is 6.42 Å². The number of aldehydes is 1. The molecule has 1 rings (SSSR count). The molecule has 0 fully saturated rings. The number of hydrogen-bond acceptors (Lipinski definition) is 2. The first-order valence-corrected chi connectivity index (χ1v) is 4.07. The highest BCUT2D eigenvalue weighted by Gasteiger charge is 2.03. The molecule has 64 valence electrons. The van der Waals surface area contributed by atoms with E-state index in [0.29, 0.717) is 22.2 Å². The zero-order valence-electron chi connectivity index (χ0n) is 6.18. The van der Waals surface area contributed by atoms with Crippen molar-refractivity contribution in [3.63, 3.8) is 0 Å². The van der Waals surface area contributed by atoms with Gasteiger partial charge >= 0.3 is 0 Å². The maximum absolute atomic E-state index is 10.2. The lowest BCUT2D eigenvalue weighted by Gasteiger charge is -2.02. The number of rotatable bonds is 2. The fourth-order valence-electron chi connectivity index (χ4n) is 0.851. The molecule has 0 unspecified atom stereocenters. The molecule has 0 spiro atoms. The molecule has 1 aromatic carbocycles. The zero-order valence-corrected chi connectivity index (χ0v) is 7.69. The Kier molecular flexibility index (Phi) is 2.95. The molecule has 0 heterocycles. The van der Waals surface area contributed by atoms with E-state index in [-0.39, 0.29) is 0 Å². The Labute approximate surface area is 80.3 Å². The van der Waals surface area contributed by atoms with Gasteiger partial charge in [-0.3, -0.25) is 0 Å². The molecule has 2 nitrogen and oxygen atoms in total. The van der Waals surface area contributed by atoms with Crippen molar-refractivity contribution in [2.45, 2.75) is 6.42 Å². The second-order valence-corrected chi connectivity index (χ2v) is 3.16. The first kappa shape index (κ1) is 9.36. The molecule has 0 aromatic heterocycles. The standard InChI is InChI=1S/C8H7Cl2NO/c9-6-3-5(1-2-12)4-7(10)8(6)11/h2-4H,1,11H2. The van der Waals surface area contributed by atoms with Gasteiger partial charge in [0.05, 0.1) is 15.7 Å². The molecule has 0 saturated heterocycles. The van der Waals surface area contributed by atoms with Crippen molar-refractivity contribution < 1.29 is 4.79 Å². The molecular weight excluding hydrogens is 197 g/mol. The molecule has 0 saturated carbocycles. The predicted octanol–water partition coefficient (Wildman–Crippen LogP) is 2.32. The van der Waals surface area contributed by atoms with Gasteiger partial charge in [0.15, 0.2) is 0 Å². The van der Waals surface area contributed by atoms with Gasteiger partial charge in [-0.15, -0.1) is 0 Å². The Hall–Kier alpha value is -0.730. The van der Waals surface area contributed by atoms with Gasteiger partial charge in [-0.05, 0) is 17.7 Å². The Morgan fingerprint density at radius 2 is 1.83 bits per heavy atom. The minimum absolute atomic E-state index is 0.305. The first-order valence-electron chi connectivity index (χ1n) is 3.32. The predicted molar refractivity (Wildman–Crippen MR) is 50.6 cm³/mol. The maximum Gasteiger partial charge on any atom is 0.124 e. The van der Waals surface area contributed by atoms with Crippen LogP contribution in [0.4, 0.5) is 5.69 Å². The number of carbonyl (C=O) groups excluding carboxylic acids is 1. The average Bonchev–Trinajstić information content (AvgIpc) is 2.01. The first-order chi connectivity index (χ1) is 5.65. The molecule has 2 N–H and O–H groups in total. The van der Waals surface area contributed by atoms with E-state index < -0.39 is 0 Å². The number of carbonyl (C=O) groups is 1. The number of hydrogen-bond donors (Lipinski definition) is 1. The SMILES string of the molecule is Nc1c(Cl)cc(CC=O)cc1Cl. The summed E-state index contributed by atoms with van der Waals surface area (Å²) in [5.41, 5.74) is 6.62. The number of halogens is 2. The van der Waals surface area contributed by atoms with E-state index in [0.717, 1.165) is 11.8 Å². The molecule has 0 atom stereocenters. The van der Waals surface area contributed by atoms with E-state index in [9.17, 15) is 4.79 Å². The summed E-state index contributed by atoms with van der Waals surface area (Å²) in [5.74, 6) is 0. The van der Waals surface area contributed by atoms with E-state index in [1.165, 1.54) is 0 Å². The van der Waals surface area contributed by atoms with Crippen LogP contribution in [0.2, 0.25) is 10.0 Å². The Bertz CT molecular complexity index is 289. The number of nitrogen functional groups attached to an aromatic ring is 1. The molecule has 4 heteroatoms. The van der Waals surface area contributed by atoms with Crippen LogP contribution in [0.5, 0.6) is 0 Å². The van der Waals surface area contributed by atoms with E-state index in [2.05, 4.69) is 0 Å². The van der Waals surface area contributed by atoms with Crippen LogP contribution >= 0.6 is 23.2 Å². The fraction of sp³-hybridized carbons (Fsp3) is 0.125. The van der Waals surface area contributed by atoms with E-state index in [1.807, 2.05) is 0 Å². The van der Waals surface area contributed by atoms with Crippen LogP contribution in [-0.4, -0.2) is 6.29 Å². The second-order valence-electron chi connectivity index (χ2n) is 2.34. The lowest BCUT2D eigenvalue weighted by Crippen LogP contribution is -1.92. The highest BCUT2D eigenvalue weighted by atomic mass is 35.5. The molecule has 0 radical (unpaired) electrons. The van der Waals surface area contributed by atoms with Crippen molar-refractivity contribution >= 4 is 35.2 Å². The normalized spacial score (nSPS) is 9.83. The van der Waals surface area contributed by atoms with Crippen molar-refractivity contribution in [2.75, 3.05) is 5.73 Å². The topological polar surface area (TPSA) is 43.1 Å². The van der Waals surface area contributed by atoms with Gasteiger partial charge in [0.2, 0.25) is 0 Å². The lowest BCUT2D eigenvalue weighted by molar-refractivity contribution is -0.107. The van der Waals surface area contributed by atoms with Gasteiger partial charge < -0.3 is 10.5 Å². The third kappa shape index (κ3) is 1.90. The summed E-state index contributed by atoms with van der Waals surface area (Å²) in [7, 11) is 0. The van der Waals surface area contributed by atoms with E-state index in [4.69, 9.17) is 28.9 Å². The van der Waals surface area contributed by atoms with Crippen LogP contribution in [0, 0.1) is 0 Å². The molecular formula is C8H7Cl2NO. The largest absolute Gasteiger partial charge is 0.396 e. The Morgan fingerprint density at radius 1 is 1.33 bits per heavy atom. The highest BCUT2D eigenvalue weighted by molar-refractivity contribution is 6.38. The molecule has 0 bridgehead atoms. The fourth-order valence-corrected chi connectivity index (χ4v) is 1.38. The van der Waals surface area contributed by atoms with Crippen molar-refractivity contribution in [3.8, 4) is 0 Å². The van der Waals surface area contributed by atoms with Gasteiger partial charge in [-0.2, -0.15) is 0 Å². The minimum atomic E-state index is 0.305. The number of anilines is 1. The van der Waals surface area contributed by atoms with Gasteiger partial charge in [0.1, 0.15) is 6.29 Å². The van der Waals surface area contributed by atoms with Gasteiger partial charge in [-0.1, -0.05) is 23.2 Å². The maximum atomic E-state index is 10.2. The smallest absolute Gasteiger partial charge is 0.124 e. The molecule has 12 heavy (non-hydrogen) atoms. The minimum Gasteiger partial charge on any atom is -0.396 e. The third-order valence-electron chi connectivity index (χ3n) is 1.46. The van der Waals surface area contributed by atoms with Crippen molar-refractivity contribution in [3.05, 3.63) is 27.7 Å². The second kappa shape index (κ2) is 3.78. The quantitative estimate of drug-likeness (QED) is 0.593. The number of nitrogens with two attached hydrogens (primary N) is 1. The summed E-state index contributed by atoms with van der Waals surface area (Å²) >= 11 is 11.5. The summed E-state index contributed by atoms with van der Waals surface area (Å²) in [5, 5.41) is 0.777. The van der Waals surface area contributed by atoms with Gasteiger partial charge in [0.25, 0.3) is 0 Å². The average molecular weight is 204 g/mol. The van der Waals surface area contributed by atoms with Crippen molar-refractivity contribution in [1.29, 1.82) is 0 Å². The van der Waals surface area contributed by atoms with Gasteiger partial charge in [-0.25, -0.2) is 0 Å². The summed E-state index contributed by atoms with van der Waals surface area (Å²) in [4.78, 5) is 10.2. The molecule has 1 aromatic rings. The monoisotopic (exact) mass is 203 g/mol.